The molecular weight excluding hydrogens is 1260 g/mol. The lowest BCUT2D eigenvalue weighted by molar-refractivity contribution is 0.0207. The van der Waals surface area contributed by atoms with Crippen molar-refractivity contribution in [2.45, 2.75) is 61.0 Å². The number of anilines is 3. The van der Waals surface area contributed by atoms with Crippen LogP contribution in [0.1, 0.15) is 86.5 Å². The number of rotatable bonds is 16. The van der Waals surface area contributed by atoms with Gasteiger partial charge in [-0.1, -0.05) is 109 Å². The van der Waals surface area contributed by atoms with Crippen molar-refractivity contribution in [1.29, 1.82) is 0 Å². The van der Waals surface area contributed by atoms with E-state index in [4.69, 9.17) is 63.2 Å². The van der Waals surface area contributed by atoms with E-state index in [9.17, 15) is 38.4 Å². The molecule has 0 spiro atoms. The zero-order valence-electron chi connectivity index (χ0n) is 52.9. The van der Waals surface area contributed by atoms with Crippen LogP contribution in [0.2, 0.25) is 15.1 Å². The maximum Gasteiger partial charge on any atom is 0.514 e. The molecule has 0 radical (unpaired) electrons. The normalized spacial score (nSPS) is 11.4. The molecule has 6 aromatic carbocycles. The third-order valence-corrected chi connectivity index (χ3v) is 16.3. The molecule has 3 heterocycles. The molecule has 0 aliphatic heterocycles. The largest absolute Gasteiger partial charge is 0.514 e. The monoisotopic (exact) mass is 1320 g/mol. The second-order valence-corrected chi connectivity index (χ2v) is 23.9. The van der Waals surface area contributed by atoms with Gasteiger partial charge in [0.15, 0.2) is 17.2 Å². The zero-order chi connectivity index (χ0) is 67.7. The number of amides is 3. The summed E-state index contributed by atoms with van der Waals surface area (Å²) in [6.45, 7) is 13.5. The van der Waals surface area contributed by atoms with Crippen molar-refractivity contribution in [3.05, 3.63) is 184 Å². The Hall–Kier alpha value is -9.96. The van der Waals surface area contributed by atoms with Gasteiger partial charge in [0.25, 0.3) is 34.4 Å². The van der Waals surface area contributed by atoms with Gasteiger partial charge in [-0.25, -0.2) is 14.4 Å². The molecule has 0 bridgehead atoms. The molecule has 93 heavy (non-hydrogen) atoms. The van der Waals surface area contributed by atoms with Crippen LogP contribution < -0.4 is 45.6 Å². The van der Waals surface area contributed by atoms with Crippen molar-refractivity contribution in [1.82, 2.24) is 13.7 Å². The van der Waals surface area contributed by atoms with Crippen LogP contribution in [0, 0.1) is 5.92 Å². The van der Waals surface area contributed by atoms with Crippen molar-refractivity contribution in [3.63, 3.8) is 0 Å². The van der Waals surface area contributed by atoms with E-state index in [1.165, 1.54) is 61.7 Å². The van der Waals surface area contributed by atoms with Crippen molar-refractivity contribution >= 4 is 121 Å². The highest BCUT2D eigenvalue weighted by molar-refractivity contribution is 6.40. The molecule has 3 amide bonds. The number of methoxy groups -OCH3 is 1. The molecule has 0 aliphatic carbocycles. The molecule has 0 atom stereocenters. The highest BCUT2D eigenvalue weighted by atomic mass is 35.5. The molecule has 0 N–H and O–H groups in total. The molecular formula is C69H65Cl3N6O15. The number of carbonyl (C=O) groups is 6. The van der Waals surface area contributed by atoms with Gasteiger partial charge in [-0.3, -0.25) is 28.8 Å². The molecule has 0 aliphatic rings. The van der Waals surface area contributed by atoms with E-state index >= 15 is 4.79 Å². The summed E-state index contributed by atoms with van der Waals surface area (Å²) in [7, 11) is 5.36. The molecule has 482 valence electrons. The maximum atomic E-state index is 15.4. The first kappa shape index (κ1) is 67.4. The summed E-state index contributed by atoms with van der Waals surface area (Å²) in [6.07, 6.45) is -3.67. The number of fused-ring (bicyclic) bond motifs is 3. The van der Waals surface area contributed by atoms with E-state index in [1.807, 2.05) is 13.8 Å². The van der Waals surface area contributed by atoms with Crippen LogP contribution in [-0.4, -0.2) is 88.8 Å². The number of carbonyl (C=O) groups excluding carboxylic acids is 6. The first-order chi connectivity index (χ1) is 44.2. The van der Waals surface area contributed by atoms with Gasteiger partial charge in [-0.15, -0.1) is 0 Å². The number of halogens is 3. The molecule has 9 aromatic rings. The van der Waals surface area contributed by atoms with Gasteiger partial charge in [0.05, 0.1) is 61.5 Å². The average Bonchev–Trinajstić information content (AvgIpc) is 0.755. The van der Waals surface area contributed by atoms with Crippen molar-refractivity contribution in [3.8, 4) is 39.5 Å². The molecule has 0 saturated heterocycles. The predicted octanol–water partition coefficient (Wildman–Crippen LogP) is 14.2. The fourth-order valence-corrected chi connectivity index (χ4v) is 11.8. The van der Waals surface area contributed by atoms with E-state index in [0.717, 1.165) is 7.11 Å². The predicted molar refractivity (Wildman–Crippen MR) is 359 cm³/mol. The topological polar surface area (TPSA) is 234 Å². The number of ether oxygens (including phenoxy) is 6. The Kier molecular flexibility index (Phi) is 19.9. The Bertz CT molecular complexity index is 4730. The molecule has 0 saturated carbocycles. The van der Waals surface area contributed by atoms with E-state index in [-0.39, 0.29) is 96.9 Å². The van der Waals surface area contributed by atoms with Gasteiger partial charge in [-0.05, 0) is 119 Å². The van der Waals surface area contributed by atoms with Crippen LogP contribution in [-0.2, 0) is 35.4 Å². The SMILES string of the molecule is CCN(C(=O)c1c(OC(=O)OC(C)(C)C)c2c(Cl)cccc2n(C)c1=O)c1cccc(-c2ccc3c(c2Cl)c(OC(=O)OC)c(C(=O)N(CC)c2cccc(-c4ccc5c(c4Cl)c(OC(=O)OCC(C)C)c(C(=O)N(CC)c4ccccc4)c(=O)n5C)c2)c(=O)n3C)c1. The summed E-state index contributed by atoms with van der Waals surface area (Å²) in [5.74, 6) is -4.07. The van der Waals surface area contributed by atoms with Crippen LogP contribution in [0.4, 0.5) is 31.4 Å². The van der Waals surface area contributed by atoms with Gasteiger partial charge in [0, 0.05) is 69.0 Å². The van der Waals surface area contributed by atoms with Crippen LogP contribution in [0.25, 0.3) is 55.0 Å². The van der Waals surface area contributed by atoms with Crippen molar-refractivity contribution < 1.29 is 57.2 Å². The average molecular weight is 1320 g/mol. The number of hydrogen-bond acceptors (Lipinski definition) is 15. The first-order valence-corrected chi connectivity index (χ1v) is 30.6. The van der Waals surface area contributed by atoms with Crippen LogP contribution in [0.15, 0.2) is 136 Å². The molecule has 9 rings (SSSR count). The van der Waals surface area contributed by atoms with Crippen LogP contribution in [0.3, 0.4) is 0 Å². The van der Waals surface area contributed by atoms with Gasteiger partial charge < -0.3 is 56.8 Å². The second-order valence-electron chi connectivity index (χ2n) is 22.7. The van der Waals surface area contributed by atoms with Crippen molar-refractivity contribution in [2.75, 3.05) is 48.1 Å². The number of aromatic nitrogens is 3. The van der Waals surface area contributed by atoms with E-state index in [2.05, 4.69) is 0 Å². The summed E-state index contributed by atoms with van der Waals surface area (Å²) in [5.41, 5.74) is -2.26. The van der Waals surface area contributed by atoms with Gasteiger partial charge in [0.1, 0.15) is 22.3 Å². The Balaban J connectivity index is 1.15. The standard InChI is InChI=1S/C69H65Cl3N6O15/c1-13-76(40-24-17-16-18-25-40)63(82)54-59(91-67(86)89-36-37(4)5)51-48(75(11)62(54)81)33-31-44(56(51)72)39-23-20-27-42(35-39)78(15-3)65(84)53-58(90-66(85)88-12)50-47(74(10)61(53)80)32-30-43(55(50)71)38-22-19-26-41(34-38)77(14-2)64(83)52-57(92-68(87)93-69(6,7)8)49-45(70)28-21-29-46(49)73(9)60(52)79/h16-35,37H,13-15,36H2,1-12H3. The van der Waals surface area contributed by atoms with Crippen LogP contribution in [0.5, 0.6) is 17.2 Å². The number of hydrogen-bond donors (Lipinski definition) is 0. The van der Waals surface area contributed by atoms with Gasteiger partial charge in [0.2, 0.25) is 0 Å². The molecule has 21 nitrogen and oxygen atoms in total. The Morgan fingerprint density at radius 3 is 1.29 bits per heavy atom. The molecule has 0 unspecified atom stereocenters. The molecule has 3 aromatic heterocycles. The van der Waals surface area contributed by atoms with Crippen LogP contribution >= 0.6 is 34.8 Å². The van der Waals surface area contributed by atoms with E-state index < -0.39 is 92.4 Å². The fourth-order valence-electron chi connectivity index (χ4n) is 10.8. The smallest absolute Gasteiger partial charge is 0.437 e. The first-order valence-electron chi connectivity index (χ1n) is 29.4. The summed E-state index contributed by atoms with van der Waals surface area (Å²) < 4.78 is 36.8. The lowest BCUT2D eigenvalue weighted by Crippen LogP contribution is -2.37. The molecule has 0 fully saturated rings. The number of aryl methyl sites for hydroxylation is 3. The number of pyridine rings is 3. The quantitative estimate of drug-likeness (QED) is 0.0646. The lowest BCUT2D eigenvalue weighted by atomic mass is 9.99. The minimum absolute atomic E-state index is 0.0159. The minimum atomic E-state index is -1.30. The second kappa shape index (κ2) is 27.5. The van der Waals surface area contributed by atoms with Crippen molar-refractivity contribution in [2.24, 2.45) is 27.1 Å². The Labute approximate surface area is 548 Å². The van der Waals surface area contributed by atoms with Gasteiger partial charge >= 0.3 is 18.5 Å². The Morgan fingerprint density at radius 1 is 0.484 bits per heavy atom. The summed E-state index contributed by atoms with van der Waals surface area (Å²) in [6, 6.07) is 32.7. The summed E-state index contributed by atoms with van der Waals surface area (Å²) in [5, 5.41) is -0.0137. The summed E-state index contributed by atoms with van der Waals surface area (Å²) in [4.78, 5) is 133. The zero-order valence-corrected chi connectivity index (χ0v) is 55.2. The minimum Gasteiger partial charge on any atom is -0.437 e. The number of para-hydroxylation sites is 1. The highest BCUT2D eigenvalue weighted by Crippen LogP contribution is 2.45. The third-order valence-electron chi connectivity index (χ3n) is 15.2. The third kappa shape index (κ3) is 13.1. The summed E-state index contributed by atoms with van der Waals surface area (Å²) >= 11 is 21.6. The number of nitrogens with zero attached hydrogens (tertiary/aromatic N) is 6. The fraction of sp³-hybridized carbons (Fsp3) is 0.261. The number of benzene rings is 6. The van der Waals surface area contributed by atoms with E-state index in [0.29, 0.717) is 22.4 Å². The maximum absolute atomic E-state index is 15.4. The molecule has 24 heteroatoms. The van der Waals surface area contributed by atoms with Gasteiger partial charge in [-0.2, -0.15) is 0 Å². The Morgan fingerprint density at radius 2 is 0.871 bits per heavy atom. The highest BCUT2D eigenvalue weighted by Gasteiger charge is 2.35. The van der Waals surface area contributed by atoms with E-state index in [1.54, 1.807) is 151 Å². The lowest BCUT2D eigenvalue weighted by Gasteiger charge is -2.25.